The first-order valence-electron chi connectivity index (χ1n) is 6.96. The summed E-state index contributed by atoms with van der Waals surface area (Å²) in [5.41, 5.74) is 5.79. The number of rotatable bonds is 3. The van der Waals surface area contributed by atoms with E-state index in [-0.39, 0.29) is 11.3 Å². The molecule has 0 radical (unpaired) electrons. The minimum Gasteiger partial charge on any atom is -0.507 e. The van der Waals surface area contributed by atoms with Gasteiger partial charge in [-0.2, -0.15) is 5.10 Å². The summed E-state index contributed by atoms with van der Waals surface area (Å²) in [4.78, 5) is 12.0. The molecule has 21 heavy (non-hydrogen) atoms. The average molecular weight is 284 g/mol. The standard InChI is InChI=1S/C17H20N2O2/c1-11(2)13-9-8-12(3)15(10-13)18-19-17(21)14-6-4-5-7-16(14)20/h4-8,13,20H,1,9-10H2,2-3H3,(H,19,21)/b18-15-/t13-/m0/s1. The van der Waals surface area contributed by atoms with Gasteiger partial charge in [-0.3, -0.25) is 4.79 Å². The molecule has 1 amide bonds. The van der Waals surface area contributed by atoms with Crippen LogP contribution in [0.25, 0.3) is 0 Å². The lowest BCUT2D eigenvalue weighted by molar-refractivity contribution is 0.0952. The molecule has 1 atom stereocenters. The minimum absolute atomic E-state index is 0.0501. The summed E-state index contributed by atoms with van der Waals surface area (Å²) >= 11 is 0. The molecule has 0 saturated heterocycles. The van der Waals surface area contributed by atoms with E-state index in [2.05, 4.69) is 23.2 Å². The number of hydrogen-bond acceptors (Lipinski definition) is 3. The minimum atomic E-state index is -0.411. The Morgan fingerprint density at radius 2 is 2.14 bits per heavy atom. The summed E-state index contributed by atoms with van der Waals surface area (Å²) in [5, 5.41) is 13.9. The van der Waals surface area contributed by atoms with Gasteiger partial charge in [-0.25, -0.2) is 5.43 Å². The predicted molar refractivity (Wildman–Crippen MR) is 84.3 cm³/mol. The van der Waals surface area contributed by atoms with Crippen LogP contribution >= 0.6 is 0 Å². The van der Waals surface area contributed by atoms with Crippen LogP contribution in [0.5, 0.6) is 5.75 Å². The van der Waals surface area contributed by atoms with Gasteiger partial charge in [-0.15, -0.1) is 0 Å². The summed E-state index contributed by atoms with van der Waals surface area (Å²) < 4.78 is 0. The van der Waals surface area contributed by atoms with E-state index in [1.54, 1.807) is 18.2 Å². The Kier molecular flexibility index (Phi) is 4.58. The first-order valence-corrected chi connectivity index (χ1v) is 6.96. The Labute approximate surface area is 124 Å². The van der Waals surface area contributed by atoms with E-state index in [4.69, 9.17) is 0 Å². The molecular formula is C17H20N2O2. The third kappa shape index (κ3) is 3.60. The van der Waals surface area contributed by atoms with Crippen molar-refractivity contribution < 1.29 is 9.90 Å². The molecule has 0 aliphatic heterocycles. The number of carbonyl (C=O) groups excluding carboxylic acids is 1. The molecule has 110 valence electrons. The Balaban J connectivity index is 2.12. The van der Waals surface area contributed by atoms with Crippen LogP contribution in [0.1, 0.15) is 37.0 Å². The second kappa shape index (κ2) is 6.39. The van der Waals surface area contributed by atoms with Gasteiger partial charge in [-0.05, 0) is 50.3 Å². The van der Waals surface area contributed by atoms with Gasteiger partial charge >= 0.3 is 0 Å². The number of hydrazone groups is 1. The fraction of sp³-hybridized carbons (Fsp3) is 0.294. The zero-order valence-electron chi connectivity index (χ0n) is 12.4. The number of para-hydroxylation sites is 1. The Morgan fingerprint density at radius 1 is 1.43 bits per heavy atom. The SMILES string of the molecule is C=C(C)[C@H]1CC=C(C)/C(=N\NC(=O)c2ccccc2O)C1. The first kappa shape index (κ1) is 15.0. The highest BCUT2D eigenvalue weighted by atomic mass is 16.3. The van der Waals surface area contributed by atoms with Crippen molar-refractivity contribution in [3.8, 4) is 5.75 Å². The first-order chi connectivity index (χ1) is 9.99. The molecule has 4 heteroatoms. The van der Waals surface area contributed by atoms with E-state index in [0.29, 0.717) is 5.92 Å². The molecule has 2 rings (SSSR count). The summed E-state index contributed by atoms with van der Waals surface area (Å²) in [5.74, 6) is -0.0914. The van der Waals surface area contributed by atoms with Gasteiger partial charge in [0, 0.05) is 0 Å². The molecule has 1 aliphatic rings. The zero-order chi connectivity index (χ0) is 15.4. The number of phenols is 1. The van der Waals surface area contributed by atoms with E-state index in [0.717, 1.165) is 29.7 Å². The number of carbonyl (C=O) groups is 1. The van der Waals surface area contributed by atoms with Crippen molar-refractivity contribution in [2.24, 2.45) is 11.0 Å². The smallest absolute Gasteiger partial charge is 0.275 e. The van der Waals surface area contributed by atoms with Gasteiger partial charge in [0.15, 0.2) is 0 Å². The van der Waals surface area contributed by atoms with E-state index < -0.39 is 5.91 Å². The molecule has 0 saturated carbocycles. The fourth-order valence-corrected chi connectivity index (χ4v) is 2.27. The molecule has 0 fully saturated rings. The normalized spacial score (nSPS) is 20.0. The molecule has 0 bridgehead atoms. The lowest BCUT2D eigenvalue weighted by Gasteiger charge is -2.22. The number of amides is 1. The number of phenolic OH excluding ortho intramolecular Hbond substituents is 1. The van der Waals surface area contributed by atoms with Crippen molar-refractivity contribution in [3.05, 3.63) is 53.6 Å². The third-order valence-electron chi connectivity index (χ3n) is 3.74. The lowest BCUT2D eigenvalue weighted by atomic mass is 9.85. The number of allylic oxidation sites excluding steroid dienone is 3. The zero-order valence-corrected chi connectivity index (χ0v) is 12.4. The maximum Gasteiger partial charge on any atom is 0.275 e. The van der Waals surface area contributed by atoms with Crippen molar-refractivity contribution >= 4 is 11.6 Å². The van der Waals surface area contributed by atoms with Crippen molar-refractivity contribution in [1.82, 2.24) is 5.43 Å². The van der Waals surface area contributed by atoms with Gasteiger partial charge in [0.25, 0.3) is 5.91 Å². The van der Waals surface area contributed by atoms with Crippen LogP contribution in [0.15, 0.2) is 53.2 Å². The second-order valence-corrected chi connectivity index (χ2v) is 5.39. The number of aromatic hydroxyl groups is 1. The fourth-order valence-electron chi connectivity index (χ4n) is 2.27. The monoisotopic (exact) mass is 284 g/mol. The molecule has 0 aromatic heterocycles. The van der Waals surface area contributed by atoms with Crippen LogP contribution in [0, 0.1) is 5.92 Å². The molecule has 1 aromatic carbocycles. The van der Waals surface area contributed by atoms with Crippen LogP contribution in [0.2, 0.25) is 0 Å². The lowest BCUT2D eigenvalue weighted by Crippen LogP contribution is -2.23. The van der Waals surface area contributed by atoms with Crippen molar-refractivity contribution in [2.75, 3.05) is 0 Å². The van der Waals surface area contributed by atoms with Gasteiger partial charge in [0.1, 0.15) is 5.75 Å². The van der Waals surface area contributed by atoms with Crippen molar-refractivity contribution in [1.29, 1.82) is 0 Å². The van der Waals surface area contributed by atoms with Crippen LogP contribution in [-0.2, 0) is 0 Å². The van der Waals surface area contributed by atoms with Crippen LogP contribution in [0.3, 0.4) is 0 Å². The summed E-state index contributed by atoms with van der Waals surface area (Å²) in [6, 6.07) is 6.41. The van der Waals surface area contributed by atoms with E-state index in [1.807, 2.05) is 13.8 Å². The topological polar surface area (TPSA) is 61.7 Å². The summed E-state index contributed by atoms with van der Waals surface area (Å²) in [6.45, 7) is 7.99. The predicted octanol–water partition coefficient (Wildman–Crippen LogP) is 3.41. The maximum atomic E-state index is 12.0. The van der Waals surface area contributed by atoms with Gasteiger partial charge < -0.3 is 5.11 Å². The van der Waals surface area contributed by atoms with Gasteiger partial charge in [0.05, 0.1) is 11.3 Å². The highest BCUT2D eigenvalue weighted by Gasteiger charge is 2.19. The second-order valence-electron chi connectivity index (χ2n) is 5.39. The third-order valence-corrected chi connectivity index (χ3v) is 3.74. The largest absolute Gasteiger partial charge is 0.507 e. The summed E-state index contributed by atoms with van der Waals surface area (Å²) in [6.07, 6.45) is 3.86. The number of benzene rings is 1. The highest BCUT2D eigenvalue weighted by Crippen LogP contribution is 2.26. The molecule has 2 N–H and O–H groups in total. The van der Waals surface area contributed by atoms with Crippen molar-refractivity contribution in [2.45, 2.75) is 26.7 Å². The quantitative estimate of drug-likeness (QED) is 0.660. The Hall–Kier alpha value is -2.36. The van der Waals surface area contributed by atoms with Gasteiger partial charge in [-0.1, -0.05) is 30.4 Å². The Bertz CT molecular complexity index is 629. The van der Waals surface area contributed by atoms with E-state index >= 15 is 0 Å². The average Bonchev–Trinajstić information content (AvgIpc) is 2.46. The van der Waals surface area contributed by atoms with Crippen LogP contribution in [0.4, 0.5) is 0 Å². The molecule has 1 aliphatic carbocycles. The number of hydrogen-bond donors (Lipinski definition) is 2. The number of nitrogens with one attached hydrogen (secondary N) is 1. The molecular weight excluding hydrogens is 264 g/mol. The molecule has 0 unspecified atom stereocenters. The highest BCUT2D eigenvalue weighted by molar-refractivity contribution is 6.02. The van der Waals surface area contributed by atoms with Gasteiger partial charge in [0.2, 0.25) is 0 Å². The molecule has 0 spiro atoms. The molecule has 4 nitrogen and oxygen atoms in total. The maximum absolute atomic E-state index is 12.0. The van der Waals surface area contributed by atoms with E-state index in [9.17, 15) is 9.90 Å². The van der Waals surface area contributed by atoms with E-state index in [1.165, 1.54) is 6.07 Å². The van der Waals surface area contributed by atoms with Crippen LogP contribution < -0.4 is 5.43 Å². The van der Waals surface area contributed by atoms with Crippen LogP contribution in [-0.4, -0.2) is 16.7 Å². The molecule has 0 heterocycles. The molecule has 1 aromatic rings. The summed E-state index contributed by atoms with van der Waals surface area (Å²) in [7, 11) is 0. The number of nitrogens with zero attached hydrogens (tertiary/aromatic N) is 1. The Morgan fingerprint density at radius 3 is 2.81 bits per heavy atom. The van der Waals surface area contributed by atoms with Crippen molar-refractivity contribution in [3.63, 3.8) is 0 Å².